The molecule has 1 rings (SSSR count). The minimum atomic E-state index is -1.32. The van der Waals surface area contributed by atoms with Crippen LogP contribution in [0, 0.1) is 11.8 Å². The maximum absolute atomic E-state index is 11.0. The molecule has 0 saturated heterocycles. The maximum Gasteiger partial charge on any atom is 0.384 e. The predicted molar refractivity (Wildman–Crippen MR) is 63.9 cm³/mol. The summed E-state index contributed by atoms with van der Waals surface area (Å²) in [6, 6.07) is 3.43. The average Bonchev–Trinajstić information content (AvgIpc) is 2.36. The highest BCUT2D eigenvalue weighted by atomic mass is 16.5. The summed E-state index contributed by atoms with van der Waals surface area (Å²) in [5.74, 6) is 1.13. The summed E-state index contributed by atoms with van der Waals surface area (Å²) in [4.78, 5) is 32.8. The van der Waals surface area contributed by atoms with Gasteiger partial charge < -0.3 is 14.9 Å². The van der Waals surface area contributed by atoms with Crippen LogP contribution in [-0.2, 0) is 9.53 Å². The van der Waals surface area contributed by atoms with Crippen LogP contribution in [0.1, 0.15) is 33.2 Å². The van der Waals surface area contributed by atoms with Crippen molar-refractivity contribution < 1.29 is 29.3 Å². The van der Waals surface area contributed by atoms with Crippen LogP contribution in [0.25, 0.3) is 0 Å². The molecular formula is C13H10O6. The van der Waals surface area contributed by atoms with E-state index < -0.39 is 17.9 Å². The third kappa shape index (κ3) is 3.85. The van der Waals surface area contributed by atoms with E-state index in [-0.39, 0.29) is 23.3 Å². The SMILES string of the molecule is CCOC(=O)C#Cc1ccc(C(=O)O)cc1C(=O)O. The molecule has 1 aromatic rings. The fourth-order valence-corrected chi connectivity index (χ4v) is 1.25. The number of aromatic carboxylic acids is 2. The van der Waals surface area contributed by atoms with E-state index in [0.717, 1.165) is 6.07 Å². The van der Waals surface area contributed by atoms with E-state index in [1.54, 1.807) is 6.92 Å². The summed E-state index contributed by atoms with van der Waals surface area (Å²) >= 11 is 0. The Balaban J connectivity index is 3.17. The van der Waals surface area contributed by atoms with Crippen LogP contribution >= 0.6 is 0 Å². The Morgan fingerprint density at radius 3 is 2.42 bits per heavy atom. The smallest absolute Gasteiger partial charge is 0.384 e. The Morgan fingerprint density at radius 1 is 1.21 bits per heavy atom. The van der Waals surface area contributed by atoms with Crippen molar-refractivity contribution in [1.82, 2.24) is 0 Å². The number of hydrogen-bond acceptors (Lipinski definition) is 4. The van der Waals surface area contributed by atoms with Gasteiger partial charge in [0.25, 0.3) is 0 Å². The standard InChI is InChI=1S/C13H10O6/c1-2-19-11(14)6-5-8-3-4-9(12(15)16)7-10(8)13(17)18/h3-4,7H,2H2,1H3,(H,15,16)(H,17,18). The number of carbonyl (C=O) groups is 3. The lowest BCUT2D eigenvalue weighted by molar-refractivity contribution is -0.136. The fraction of sp³-hybridized carbons (Fsp3) is 0.154. The van der Waals surface area contributed by atoms with Crippen molar-refractivity contribution >= 4 is 17.9 Å². The first-order chi connectivity index (χ1) is 8.95. The Kier molecular flexibility index (Phi) is 4.66. The van der Waals surface area contributed by atoms with Gasteiger partial charge in [-0.1, -0.05) is 5.92 Å². The summed E-state index contributed by atoms with van der Waals surface area (Å²) in [6.07, 6.45) is 0. The molecular weight excluding hydrogens is 252 g/mol. The fourth-order valence-electron chi connectivity index (χ4n) is 1.25. The molecule has 0 atom stereocenters. The second kappa shape index (κ2) is 6.21. The normalized spacial score (nSPS) is 9.11. The van der Waals surface area contributed by atoms with E-state index in [1.807, 2.05) is 0 Å². The molecule has 0 radical (unpaired) electrons. The highest BCUT2D eigenvalue weighted by Gasteiger charge is 2.12. The van der Waals surface area contributed by atoms with Gasteiger partial charge in [0.05, 0.1) is 17.7 Å². The number of esters is 1. The zero-order valence-corrected chi connectivity index (χ0v) is 9.97. The molecule has 0 heterocycles. The molecule has 0 unspecified atom stereocenters. The number of carboxylic acid groups (broad SMARTS) is 2. The second-order valence-electron chi connectivity index (χ2n) is 3.34. The molecule has 0 aromatic heterocycles. The summed E-state index contributed by atoms with van der Waals surface area (Å²) < 4.78 is 4.57. The van der Waals surface area contributed by atoms with Gasteiger partial charge in [0, 0.05) is 11.5 Å². The Bertz CT molecular complexity index is 591. The quantitative estimate of drug-likeness (QED) is 0.622. The number of carbonyl (C=O) groups excluding carboxylic acids is 1. The Morgan fingerprint density at radius 2 is 1.89 bits per heavy atom. The lowest BCUT2D eigenvalue weighted by Gasteiger charge is -2.01. The van der Waals surface area contributed by atoms with Crippen LogP contribution in [0.4, 0.5) is 0 Å². The molecule has 0 fully saturated rings. The van der Waals surface area contributed by atoms with Crippen molar-refractivity contribution in [3.63, 3.8) is 0 Å². The van der Waals surface area contributed by atoms with Crippen LogP contribution in [0.15, 0.2) is 18.2 Å². The van der Waals surface area contributed by atoms with Gasteiger partial charge in [-0.05, 0) is 25.1 Å². The van der Waals surface area contributed by atoms with Crippen molar-refractivity contribution in [3.05, 3.63) is 34.9 Å². The molecule has 98 valence electrons. The van der Waals surface area contributed by atoms with E-state index in [4.69, 9.17) is 10.2 Å². The molecule has 0 aliphatic heterocycles. The van der Waals surface area contributed by atoms with Crippen LogP contribution < -0.4 is 0 Å². The lowest BCUT2D eigenvalue weighted by atomic mass is 10.0. The molecule has 1 aromatic carbocycles. The molecule has 0 amide bonds. The molecule has 2 N–H and O–H groups in total. The van der Waals surface area contributed by atoms with Gasteiger partial charge in [0.1, 0.15) is 0 Å². The molecule has 0 aliphatic rings. The first kappa shape index (κ1) is 14.3. The highest BCUT2D eigenvalue weighted by Crippen LogP contribution is 2.11. The van der Waals surface area contributed by atoms with Crippen molar-refractivity contribution in [2.75, 3.05) is 6.61 Å². The van der Waals surface area contributed by atoms with Crippen molar-refractivity contribution in [1.29, 1.82) is 0 Å². The highest BCUT2D eigenvalue weighted by molar-refractivity contribution is 5.96. The van der Waals surface area contributed by atoms with Gasteiger partial charge in [0.2, 0.25) is 0 Å². The third-order valence-corrected chi connectivity index (χ3v) is 2.07. The van der Waals surface area contributed by atoms with Crippen LogP contribution in [-0.4, -0.2) is 34.7 Å². The Labute approximate surface area is 108 Å². The van der Waals surface area contributed by atoms with Gasteiger partial charge in [0.15, 0.2) is 0 Å². The third-order valence-electron chi connectivity index (χ3n) is 2.07. The zero-order valence-electron chi connectivity index (χ0n) is 9.97. The molecule has 0 aliphatic carbocycles. The minimum Gasteiger partial charge on any atom is -0.478 e. The number of hydrogen-bond donors (Lipinski definition) is 2. The van der Waals surface area contributed by atoms with Crippen molar-refractivity contribution in [2.45, 2.75) is 6.92 Å². The zero-order chi connectivity index (χ0) is 14.4. The lowest BCUT2D eigenvalue weighted by Crippen LogP contribution is -2.05. The second-order valence-corrected chi connectivity index (χ2v) is 3.34. The predicted octanol–water partition coefficient (Wildman–Crippen LogP) is 0.998. The maximum atomic E-state index is 11.0. The molecule has 6 nitrogen and oxygen atoms in total. The van der Waals surface area contributed by atoms with Crippen LogP contribution in [0.2, 0.25) is 0 Å². The van der Waals surface area contributed by atoms with Gasteiger partial charge in [-0.15, -0.1) is 0 Å². The summed E-state index contributed by atoms with van der Waals surface area (Å²) in [5.41, 5.74) is -0.402. The number of carboxylic acids is 2. The van der Waals surface area contributed by atoms with Crippen molar-refractivity contribution in [2.24, 2.45) is 0 Å². The van der Waals surface area contributed by atoms with Crippen LogP contribution in [0.5, 0.6) is 0 Å². The largest absolute Gasteiger partial charge is 0.478 e. The monoisotopic (exact) mass is 262 g/mol. The molecule has 0 spiro atoms. The van der Waals surface area contributed by atoms with E-state index in [1.165, 1.54) is 12.1 Å². The summed E-state index contributed by atoms with van der Waals surface area (Å²) in [5, 5.41) is 17.7. The number of benzene rings is 1. The summed E-state index contributed by atoms with van der Waals surface area (Å²) in [7, 11) is 0. The van der Waals surface area contributed by atoms with E-state index in [0.29, 0.717) is 0 Å². The molecule has 6 heteroatoms. The molecule has 0 saturated carbocycles. The first-order valence-electron chi connectivity index (χ1n) is 5.25. The van der Waals surface area contributed by atoms with Gasteiger partial charge >= 0.3 is 17.9 Å². The minimum absolute atomic E-state index is 0.0468. The van der Waals surface area contributed by atoms with Gasteiger partial charge in [-0.3, -0.25) is 0 Å². The number of rotatable bonds is 3. The van der Waals surface area contributed by atoms with E-state index >= 15 is 0 Å². The summed E-state index contributed by atoms with van der Waals surface area (Å²) in [6.45, 7) is 1.78. The van der Waals surface area contributed by atoms with E-state index in [2.05, 4.69) is 16.6 Å². The van der Waals surface area contributed by atoms with Gasteiger partial charge in [-0.25, -0.2) is 14.4 Å². The topological polar surface area (TPSA) is 101 Å². The van der Waals surface area contributed by atoms with Crippen LogP contribution in [0.3, 0.4) is 0 Å². The molecule has 0 bridgehead atoms. The van der Waals surface area contributed by atoms with Gasteiger partial charge in [-0.2, -0.15) is 0 Å². The first-order valence-corrected chi connectivity index (χ1v) is 5.25. The van der Waals surface area contributed by atoms with E-state index in [9.17, 15) is 14.4 Å². The Hall–Kier alpha value is -2.81. The molecule has 19 heavy (non-hydrogen) atoms. The van der Waals surface area contributed by atoms with Crippen molar-refractivity contribution in [3.8, 4) is 11.8 Å². The average molecular weight is 262 g/mol. The number of ether oxygens (including phenoxy) is 1.